The molecule has 6 nitrogen and oxygen atoms in total. The highest BCUT2D eigenvalue weighted by Gasteiger charge is 2.28. The maximum absolute atomic E-state index is 11.4. The second kappa shape index (κ2) is 7.24. The molecular formula is C14H27NO5. The number of ether oxygens (including phenoxy) is 4. The lowest BCUT2D eigenvalue weighted by molar-refractivity contribution is -0.279. The van der Waals surface area contributed by atoms with Crippen LogP contribution in [0.3, 0.4) is 0 Å². The molecular weight excluding hydrogens is 262 g/mol. The molecule has 118 valence electrons. The molecule has 0 aromatic carbocycles. The summed E-state index contributed by atoms with van der Waals surface area (Å²) in [5, 5.41) is 2.69. The normalized spacial score (nSPS) is 19.6. The summed E-state index contributed by atoms with van der Waals surface area (Å²) in [5.41, 5.74) is -0.468. The Morgan fingerprint density at radius 3 is 2.45 bits per heavy atom. The van der Waals surface area contributed by atoms with E-state index in [9.17, 15) is 4.79 Å². The number of alkyl carbamates (subject to hydrolysis) is 1. The van der Waals surface area contributed by atoms with Crippen LogP contribution in [0.1, 0.15) is 41.0 Å². The van der Waals surface area contributed by atoms with E-state index in [1.165, 1.54) is 0 Å². The number of carbonyl (C=O) groups is 1. The molecule has 1 N–H and O–H groups in total. The van der Waals surface area contributed by atoms with E-state index in [4.69, 9.17) is 18.9 Å². The van der Waals surface area contributed by atoms with Crippen molar-refractivity contribution in [3.05, 3.63) is 0 Å². The first-order valence-corrected chi connectivity index (χ1v) is 7.04. The molecule has 1 fully saturated rings. The van der Waals surface area contributed by atoms with Crippen LogP contribution in [0.25, 0.3) is 0 Å². The summed E-state index contributed by atoms with van der Waals surface area (Å²) in [5.74, 6) is -0.516. The van der Waals surface area contributed by atoms with Gasteiger partial charge in [0.1, 0.15) is 11.7 Å². The van der Waals surface area contributed by atoms with Crippen molar-refractivity contribution < 1.29 is 23.7 Å². The number of nitrogens with one attached hydrogen (secondary N) is 1. The van der Waals surface area contributed by atoms with Crippen molar-refractivity contribution in [2.75, 3.05) is 26.4 Å². The molecule has 0 atom stereocenters. The molecule has 0 unspecified atom stereocenters. The van der Waals surface area contributed by atoms with Crippen LogP contribution in [0, 0.1) is 0 Å². The second-order valence-corrected chi connectivity index (χ2v) is 6.30. The van der Waals surface area contributed by atoms with Gasteiger partial charge in [-0.15, -0.1) is 0 Å². The van der Waals surface area contributed by atoms with Gasteiger partial charge in [0.25, 0.3) is 0 Å². The summed E-state index contributed by atoms with van der Waals surface area (Å²) in [7, 11) is 0. The van der Waals surface area contributed by atoms with Crippen LogP contribution >= 0.6 is 0 Å². The summed E-state index contributed by atoms with van der Waals surface area (Å²) in [4.78, 5) is 11.4. The zero-order valence-electron chi connectivity index (χ0n) is 13.2. The van der Waals surface area contributed by atoms with Gasteiger partial charge in [-0.3, -0.25) is 0 Å². The Hall–Kier alpha value is -0.850. The minimum atomic E-state index is -0.516. The van der Waals surface area contributed by atoms with E-state index in [2.05, 4.69) is 5.32 Å². The second-order valence-electron chi connectivity index (χ2n) is 6.30. The summed E-state index contributed by atoms with van der Waals surface area (Å²) in [6.45, 7) is 11.4. The number of amides is 1. The first-order chi connectivity index (χ1) is 9.18. The van der Waals surface area contributed by atoms with Gasteiger partial charge in [-0.1, -0.05) is 0 Å². The number of carbonyl (C=O) groups excluding carboxylic acids is 1. The van der Waals surface area contributed by atoms with E-state index in [1.54, 1.807) is 0 Å². The average Bonchev–Trinajstić information content (AvgIpc) is 2.28. The highest BCUT2D eigenvalue weighted by molar-refractivity contribution is 5.67. The van der Waals surface area contributed by atoms with Crippen LogP contribution in [0.4, 0.5) is 4.79 Å². The number of rotatable bonds is 5. The molecule has 1 rings (SSSR count). The van der Waals surface area contributed by atoms with Gasteiger partial charge in [-0.25, -0.2) is 4.79 Å². The van der Waals surface area contributed by atoms with E-state index < -0.39 is 17.5 Å². The van der Waals surface area contributed by atoms with Crippen molar-refractivity contribution in [1.82, 2.24) is 5.32 Å². The molecule has 6 heteroatoms. The molecule has 0 aromatic rings. The predicted molar refractivity (Wildman–Crippen MR) is 74.6 cm³/mol. The largest absolute Gasteiger partial charge is 0.444 e. The lowest BCUT2D eigenvalue weighted by Gasteiger charge is -2.34. The van der Waals surface area contributed by atoms with Gasteiger partial charge in [-0.05, 0) is 41.0 Å². The molecule has 1 amide bonds. The monoisotopic (exact) mass is 289 g/mol. The first-order valence-electron chi connectivity index (χ1n) is 7.04. The van der Waals surface area contributed by atoms with Crippen LogP contribution in [-0.4, -0.2) is 50.0 Å². The maximum Gasteiger partial charge on any atom is 0.407 e. The molecule has 0 aromatic heterocycles. The predicted octanol–water partition coefficient (Wildman–Crippen LogP) is 2.07. The third kappa shape index (κ3) is 7.67. The summed E-state index contributed by atoms with van der Waals surface area (Å²) in [6.07, 6.45) is 0.284. The molecule has 0 bridgehead atoms. The van der Waals surface area contributed by atoms with Crippen LogP contribution in [0.5, 0.6) is 0 Å². The zero-order chi connectivity index (χ0) is 15.2. The van der Waals surface area contributed by atoms with Crippen LogP contribution < -0.4 is 5.32 Å². The third-order valence-electron chi connectivity index (χ3n) is 2.58. The lowest BCUT2D eigenvalue weighted by Crippen LogP contribution is -2.43. The van der Waals surface area contributed by atoms with Gasteiger partial charge >= 0.3 is 6.09 Å². The van der Waals surface area contributed by atoms with E-state index in [-0.39, 0.29) is 6.10 Å². The topological polar surface area (TPSA) is 66.0 Å². The van der Waals surface area contributed by atoms with Crippen molar-refractivity contribution in [2.24, 2.45) is 0 Å². The molecule has 20 heavy (non-hydrogen) atoms. The SMILES string of the molecule is CC(C)(C)OC(=O)NCCCOC1COC(C)(C)OC1. The molecule has 0 radical (unpaired) electrons. The minimum Gasteiger partial charge on any atom is -0.444 e. The van der Waals surface area contributed by atoms with Crippen molar-refractivity contribution in [3.63, 3.8) is 0 Å². The highest BCUT2D eigenvalue weighted by atomic mass is 16.7. The molecule has 1 aliphatic rings. The molecule has 0 saturated carbocycles. The van der Waals surface area contributed by atoms with E-state index in [0.29, 0.717) is 26.4 Å². The Balaban J connectivity index is 2.02. The fourth-order valence-electron chi connectivity index (χ4n) is 1.60. The molecule has 1 heterocycles. The Morgan fingerprint density at radius 1 is 1.30 bits per heavy atom. The molecule has 0 spiro atoms. The quantitative estimate of drug-likeness (QED) is 0.785. The Morgan fingerprint density at radius 2 is 1.90 bits per heavy atom. The summed E-state index contributed by atoms with van der Waals surface area (Å²) < 4.78 is 21.7. The molecule has 1 aliphatic heterocycles. The maximum atomic E-state index is 11.4. The highest BCUT2D eigenvalue weighted by Crippen LogP contribution is 2.18. The smallest absolute Gasteiger partial charge is 0.407 e. The van der Waals surface area contributed by atoms with Gasteiger partial charge in [0.05, 0.1) is 13.2 Å². The van der Waals surface area contributed by atoms with Gasteiger partial charge in [-0.2, -0.15) is 0 Å². The Kier molecular flexibility index (Phi) is 6.23. The van der Waals surface area contributed by atoms with E-state index in [0.717, 1.165) is 6.42 Å². The Bertz CT molecular complexity index is 301. The first kappa shape index (κ1) is 17.2. The van der Waals surface area contributed by atoms with Gasteiger partial charge in [0, 0.05) is 13.2 Å². The van der Waals surface area contributed by atoms with E-state index >= 15 is 0 Å². The van der Waals surface area contributed by atoms with Gasteiger partial charge < -0.3 is 24.3 Å². The van der Waals surface area contributed by atoms with E-state index in [1.807, 2.05) is 34.6 Å². The minimum absolute atomic E-state index is 0.0375. The Labute approximate surface area is 121 Å². The fraction of sp³-hybridized carbons (Fsp3) is 0.929. The number of hydrogen-bond donors (Lipinski definition) is 1. The van der Waals surface area contributed by atoms with Crippen LogP contribution in [0.2, 0.25) is 0 Å². The zero-order valence-corrected chi connectivity index (χ0v) is 13.2. The van der Waals surface area contributed by atoms with Crippen LogP contribution in [-0.2, 0) is 18.9 Å². The number of hydrogen-bond acceptors (Lipinski definition) is 5. The van der Waals surface area contributed by atoms with Crippen molar-refractivity contribution in [2.45, 2.75) is 58.5 Å². The molecule has 1 saturated heterocycles. The average molecular weight is 289 g/mol. The van der Waals surface area contributed by atoms with Gasteiger partial charge in [0.15, 0.2) is 5.79 Å². The van der Waals surface area contributed by atoms with Crippen molar-refractivity contribution in [1.29, 1.82) is 0 Å². The van der Waals surface area contributed by atoms with Crippen LogP contribution in [0.15, 0.2) is 0 Å². The van der Waals surface area contributed by atoms with Crippen molar-refractivity contribution in [3.8, 4) is 0 Å². The lowest BCUT2D eigenvalue weighted by atomic mass is 10.2. The fourth-order valence-corrected chi connectivity index (χ4v) is 1.60. The summed E-state index contributed by atoms with van der Waals surface area (Å²) in [6, 6.07) is 0. The summed E-state index contributed by atoms with van der Waals surface area (Å²) >= 11 is 0. The molecule has 0 aliphatic carbocycles. The van der Waals surface area contributed by atoms with Gasteiger partial charge in [0.2, 0.25) is 0 Å². The standard InChI is InChI=1S/C14H27NO5/c1-13(2,3)20-12(16)15-7-6-8-17-11-9-18-14(4,5)19-10-11/h11H,6-10H2,1-5H3,(H,15,16). The van der Waals surface area contributed by atoms with Crippen molar-refractivity contribution >= 4 is 6.09 Å². The third-order valence-corrected chi connectivity index (χ3v) is 2.58.